The quantitative estimate of drug-likeness (QED) is 0.354. The summed E-state index contributed by atoms with van der Waals surface area (Å²) in [5.74, 6) is -0.413. The van der Waals surface area contributed by atoms with Crippen LogP contribution < -0.4 is 20.1 Å². The van der Waals surface area contributed by atoms with Crippen molar-refractivity contribution in [3.8, 4) is 11.5 Å². The van der Waals surface area contributed by atoms with Crippen molar-refractivity contribution in [1.29, 1.82) is 0 Å². The Balaban J connectivity index is 1.78. The van der Waals surface area contributed by atoms with E-state index >= 15 is 0 Å². The summed E-state index contributed by atoms with van der Waals surface area (Å²) < 4.78 is 11.0. The van der Waals surface area contributed by atoms with Gasteiger partial charge in [0.05, 0.1) is 20.2 Å². The maximum atomic E-state index is 13.4. The molecule has 1 aliphatic rings. The topological polar surface area (TPSA) is 117 Å². The Kier molecular flexibility index (Phi) is 9.78. The fourth-order valence-corrected chi connectivity index (χ4v) is 4.79. The molecule has 2 amide bonds. The van der Waals surface area contributed by atoms with Gasteiger partial charge in [0.2, 0.25) is 11.8 Å². The molecule has 1 aliphatic carbocycles. The van der Waals surface area contributed by atoms with Crippen molar-refractivity contribution < 1.29 is 29.1 Å². The number of rotatable bonds is 11. The van der Waals surface area contributed by atoms with Crippen LogP contribution in [0.15, 0.2) is 42.5 Å². The zero-order valence-electron chi connectivity index (χ0n) is 21.5. The molecule has 2 aromatic carbocycles. The number of amides is 2. The maximum Gasteiger partial charge on any atom is 0.475 e. The summed E-state index contributed by atoms with van der Waals surface area (Å²) in [6.45, 7) is 3.88. The second-order valence-corrected chi connectivity index (χ2v) is 9.79. The van der Waals surface area contributed by atoms with Gasteiger partial charge in [0, 0.05) is 17.9 Å². The third-order valence-corrected chi connectivity index (χ3v) is 6.66. The first kappa shape index (κ1) is 27.6. The normalized spacial score (nSPS) is 16.5. The molecule has 0 heterocycles. The summed E-state index contributed by atoms with van der Waals surface area (Å²) in [7, 11) is 1.48. The van der Waals surface area contributed by atoms with Gasteiger partial charge in [-0.3, -0.25) is 9.59 Å². The first-order valence-electron chi connectivity index (χ1n) is 12.5. The molecule has 194 valence electrons. The van der Waals surface area contributed by atoms with E-state index in [2.05, 4.69) is 10.6 Å². The van der Waals surface area contributed by atoms with Crippen LogP contribution >= 0.6 is 0 Å². The van der Waals surface area contributed by atoms with Crippen molar-refractivity contribution in [1.82, 2.24) is 10.6 Å². The third-order valence-electron chi connectivity index (χ3n) is 6.66. The average Bonchev–Trinajstić information content (AvgIpc) is 2.86. The minimum absolute atomic E-state index is 0.147. The molecule has 0 fully saturated rings. The van der Waals surface area contributed by atoms with Gasteiger partial charge in [0.25, 0.3) is 0 Å². The average molecular weight is 496 g/mol. The Labute approximate surface area is 213 Å². The highest BCUT2D eigenvalue weighted by atomic mass is 16.5. The maximum absolute atomic E-state index is 13.4. The molecule has 8 nitrogen and oxygen atoms in total. The van der Waals surface area contributed by atoms with Crippen LogP contribution in [0.25, 0.3) is 0 Å². The number of carbonyl (C=O) groups excluding carboxylic acids is 2. The summed E-state index contributed by atoms with van der Waals surface area (Å²) >= 11 is 0. The van der Waals surface area contributed by atoms with Crippen LogP contribution in [-0.2, 0) is 28.9 Å². The molecule has 0 aromatic heterocycles. The Hall–Kier alpha value is -3.04. The van der Waals surface area contributed by atoms with Crippen molar-refractivity contribution in [2.75, 3.05) is 14.2 Å². The third kappa shape index (κ3) is 7.01. The highest BCUT2D eigenvalue weighted by Crippen LogP contribution is 2.39. The molecule has 0 radical (unpaired) electrons. The number of benzene rings is 2. The van der Waals surface area contributed by atoms with Crippen molar-refractivity contribution in [2.45, 2.75) is 57.9 Å². The molecule has 3 rings (SSSR count). The predicted molar refractivity (Wildman–Crippen MR) is 139 cm³/mol. The number of nitrogens with one attached hydrogen (secondary N) is 2. The molecule has 36 heavy (non-hydrogen) atoms. The zero-order valence-corrected chi connectivity index (χ0v) is 21.5. The van der Waals surface area contributed by atoms with E-state index in [-0.39, 0.29) is 24.2 Å². The SMILES string of the molecule is COc1ccc2c(c1OC)CC(C(=O)N[C@@H](Cc1ccccc1)C(=O)NC(CC(C)C)B(O)O)CC2. The van der Waals surface area contributed by atoms with E-state index in [1.807, 2.05) is 56.3 Å². The molecule has 0 bridgehead atoms. The highest BCUT2D eigenvalue weighted by Gasteiger charge is 2.33. The standard InChI is InChI=1S/C27H37BN2O6/c1-17(2)14-24(28(33)34)30-27(32)22(15-18-8-6-5-7-9-18)29-26(31)20-11-10-19-12-13-23(35-3)25(36-4)21(19)16-20/h5-9,12-13,17,20,22,24,33-34H,10-11,14-16H2,1-4H3,(H,29,31)(H,30,32)/t20?,22-,24?/m0/s1. The van der Waals surface area contributed by atoms with Gasteiger partial charge in [-0.1, -0.05) is 50.2 Å². The number of fused-ring (bicyclic) bond motifs is 1. The van der Waals surface area contributed by atoms with E-state index in [1.165, 1.54) is 0 Å². The molecule has 0 spiro atoms. The lowest BCUT2D eigenvalue weighted by atomic mass is 9.75. The first-order valence-corrected chi connectivity index (χ1v) is 12.5. The zero-order chi connectivity index (χ0) is 26.2. The van der Waals surface area contributed by atoms with Crippen LogP contribution in [0, 0.1) is 11.8 Å². The highest BCUT2D eigenvalue weighted by molar-refractivity contribution is 6.43. The molecule has 0 saturated carbocycles. The van der Waals surface area contributed by atoms with Gasteiger partial charge >= 0.3 is 7.12 Å². The summed E-state index contributed by atoms with van der Waals surface area (Å²) in [5, 5.41) is 25.2. The summed E-state index contributed by atoms with van der Waals surface area (Å²) in [6, 6.07) is 12.5. The Morgan fingerprint density at radius 1 is 1.06 bits per heavy atom. The molecule has 9 heteroatoms. The molecule has 0 saturated heterocycles. The minimum atomic E-state index is -1.69. The molecule has 4 N–H and O–H groups in total. The summed E-state index contributed by atoms with van der Waals surface area (Å²) in [4.78, 5) is 26.7. The number of carbonyl (C=O) groups is 2. The Morgan fingerprint density at radius 2 is 1.78 bits per heavy atom. The molecule has 2 aromatic rings. The van der Waals surface area contributed by atoms with E-state index in [0.717, 1.165) is 23.1 Å². The second kappa shape index (κ2) is 12.8. The van der Waals surface area contributed by atoms with Crippen LogP contribution in [0.2, 0.25) is 0 Å². The van der Waals surface area contributed by atoms with Gasteiger partial charge in [-0.25, -0.2) is 0 Å². The van der Waals surface area contributed by atoms with Crippen molar-refractivity contribution in [2.24, 2.45) is 11.8 Å². The van der Waals surface area contributed by atoms with Crippen LogP contribution in [0.5, 0.6) is 11.5 Å². The van der Waals surface area contributed by atoms with Gasteiger partial charge in [0.1, 0.15) is 6.04 Å². The van der Waals surface area contributed by atoms with E-state index < -0.39 is 25.0 Å². The molecular weight excluding hydrogens is 459 g/mol. The van der Waals surface area contributed by atoms with E-state index in [1.54, 1.807) is 14.2 Å². The molecular formula is C27H37BN2O6. The van der Waals surface area contributed by atoms with Gasteiger partial charge in [-0.15, -0.1) is 0 Å². The Bertz CT molecular complexity index is 1030. The lowest BCUT2D eigenvalue weighted by Crippen LogP contribution is -2.55. The van der Waals surface area contributed by atoms with Crippen LogP contribution in [0.1, 0.15) is 43.4 Å². The van der Waals surface area contributed by atoms with E-state index in [0.29, 0.717) is 30.8 Å². The molecule has 0 aliphatic heterocycles. The predicted octanol–water partition coefficient (Wildman–Crippen LogP) is 2.08. The lowest BCUT2D eigenvalue weighted by Gasteiger charge is -2.29. The second-order valence-electron chi connectivity index (χ2n) is 9.79. The van der Waals surface area contributed by atoms with Gasteiger partial charge in [-0.05, 0) is 48.8 Å². The van der Waals surface area contributed by atoms with Crippen LogP contribution in [0.3, 0.4) is 0 Å². The smallest absolute Gasteiger partial charge is 0.475 e. The minimum Gasteiger partial charge on any atom is -0.493 e. The lowest BCUT2D eigenvalue weighted by molar-refractivity contribution is -0.131. The van der Waals surface area contributed by atoms with Crippen molar-refractivity contribution in [3.05, 3.63) is 59.2 Å². The van der Waals surface area contributed by atoms with Crippen LogP contribution in [0.4, 0.5) is 0 Å². The number of hydrogen-bond acceptors (Lipinski definition) is 6. The monoisotopic (exact) mass is 496 g/mol. The van der Waals surface area contributed by atoms with E-state index in [4.69, 9.17) is 9.47 Å². The number of hydrogen-bond donors (Lipinski definition) is 4. The largest absolute Gasteiger partial charge is 0.493 e. The molecule has 2 unspecified atom stereocenters. The summed E-state index contributed by atoms with van der Waals surface area (Å²) in [5.41, 5.74) is 2.97. The fourth-order valence-electron chi connectivity index (χ4n) is 4.79. The van der Waals surface area contributed by atoms with Gasteiger partial charge < -0.3 is 30.2 Å². The van der Waals surface area contributed by atoms with Gasteiger partial charge in [-0.2, -0.15) is 0 Å². The molecule has 3 atom stereocenters. The van der Waals surface area contributed by atoms with Crippen LogP contribution in [-0.4, -0.2) is 55.2 Å². The number of methoxy groups -OCH3 is 2. The summed E-state index contributed by atoms with van der Waals surface area (Å²) in [6.07, 6.45) is 2.54. The van der Waals surface area contributed by atoms with E-state index in [9.17, 15) is 19.6 Å². The van der Waals surface area contributed by atoms with Crippen molar-refractivity contribution >= 4 is 18.9 Å². The fraction of sp³-hybridized carbons (Fsp3) is 0.481. The van der Waals surface area contributed by atoms with Gasteiger partial charge in [0.15, 0.2) is 11.5 Å². The van der Waals surface area contributed by atoms with Crippen molar-refractivity contribution in [3.63, 3.8) is 0 Å². The number of ether oxygens (including phenoxy) is 2. The first-order chi connectivity index (χ1) is 17.2. The Morgan fingerprint density at radius 3 is 2.39 bits per heavy atom. The number of aryl methyl sites for hydroxylation is 1.